The van der Waals surface area contributed by atoms with Gasteiger partial charge in [-0.1, -0.05) is 0 Å². The van der Waals surface area contributed by atoms with E-state index < -0.39 is 11.9 Å². The predicted octanol–water partition coefficient (Wildman–Crippen LogP) is -0.202. The molecule has 11 nitrogen and oxygen atoms in total. The van der Waals surface area contributed by atoms with Crippen molar-refractivity contribution in [2.75, 3.05) is 65.4 Å². The highest BCUT2D eigenvalue weighted by atomic mass is 16.5. The Morgan fingerprint density at radius 2 is 1.37 bits per heavy atom. The van der Waals surface area contributed by atoms with Gasteiger partial charge in [-0.2, -0.15) is 0 Å². The molecule has 0 saturated carbocycles. The number of ether oxygens (including phenoxy) is 2. The number of aliphatic carboxylic acids is 2. The minimum absolute atomic E-state index is 0.0249. The SMILES string of the molecule is COc1cc(NC(=O)CCN2CCN(CCO)CC2)cc(OC)c1.O=C(O)C(=O)O. The first-order valence-corrected chi connectivity index (χ1v) is 9.33. The normalized spacial score (nSPS) is 14.2. The molecule has 11 heteroatoms. The van der Waals surface area contributed by atoms with Crippen molar-refractivity contribution in [3.63, 3.8) is 0 Å². The first kappa shape index (κ1) is 25.1. The summed E-state index contributed by atoms with van der Waals surface area (Å²) in [7, 11) is 3.16. The maximum atomic E-state index is 12.2. The van der Waals surface area contributed by atoms with Crippen LogP contribution in [0.15, 0.2) is 18.2 Å². The van der Waals surface area contributed by atoms with Gasteiger partial charge in [0.1, 0.15) is 11.5 Å². The molecule has 4 N–H and O–H groups in total. The maximum Gasteiger partial charge on any atom is 0.414 e. The lowest BCUT2D eigenvalue weighted by Crippen LogP contribution is -2.47. The minimum Gasteiger partial charge on any atom is -0.497 e. The summed E-state index contributed by atoms with van der Waals surface area (Å²) in [5.41, 5.74) is 0.670. The van der Waals surface area contributed by atoms with Gasteiger partial charge in [0.05, 0.1) is 20.8 Å². The van der Waals surface area contributed by atoms with Crippen LogP contribution in [0.25, 0.3) is 0 Å². The lowest BCUT2D eigenvalue weighted by molar-refractivity contribution is -0.159. The van der Waals surface area contributed by atoms with Crippen LogP contribution < -0.4 is 14.8 Å². The van der Waals surface area contributed by atoms with E-state index in [1.165, 1.54) is 0 Å². The summed E-state index contributed by atoms with van der Waals surface area (Å²) >= 11 is 0. The van der Waals surface area contributed by atoms with E-state index in [9.17, 15) is 4.79 Å². The van der Waals surface area contributed by atoms with Crippen molar-refractivity contribution in [1.29, 1.82) is 0 Å². The van der Waals surface area contributed by atoms with E-state index in [2.05, 4.69) is 15.1 Å². The fourth-order valence-corrected chi connectivity index (χ4v) is 2.74. The lowest BCUT2D eigenvalue weighted by Gasteiger charge is -2.34. The van der Waals surface area contributed by atoms with Gasteiger partial charge in [-0.05, 0) is 0 Å². The number of nitrogens with zero attached hydrogens (tertiary/aromatic N) is 2. The van der Waals surface area contributed by atoms with Gasteiger partial charge in [-0.25, -0.2) is 9.59 Å². The summed E-state index contributed by atoms with van der Waals surface area (Å²) in [6.45, 7) is 5.41. The van der Waals surface area contributed by atoms with E-state index >= 15 is 0 Å². The van der Waals surface area contributed by atoms with E-state index in [0.717, 1.165) is 39.3 Å². The molecule has 1 aliphatic heterocycles. The molecule has 0 aliphatic carbocycles. The number of aliphatic hydroxyl groups is 1. The number of nitrogens with one attached hydrogen (secondary N) is 1. The number of rotatable bonds is 8. The number of anilines is 1. The number of methoxy groups -OCH3 is 2. The molecule has 0 aromatic heterocycles. The molecule has 0 spiro atoms. The molecule has 0 bridgehead atoms. The molecule has 1 saturated heterocycles. The van der Waals surface area contributed by atoms with Crippen molar-refractivity contribution in [3.05, 3.63) is 18.2 Å². The van der Waals surface area contributed by atoms with Crippen LogP contribution in [0, 0.1) is 0 Å². The number of aliphatic hydroxyl groups excluding tert-OH is 1. The monoisotopic (exact) mass is 427 g/mol. The number of amides is 1. The molecule has 2 rings (SSSR count). The number of carboxylic acids is 2. The molecule has 1 aliphatic rings. The highest BCUT2D eigenvalue weighted by molar-refractivity contribution is 6.27. The zero-order valence-corrected chi connectivity index (χ0v) is 17.2. The third kappa shape index (κ3) is 9.54. The van der Waals surface area contributed by atoms with Gasteiger partial charge in [0.15, 0.2) is 0 Å². The Morgan fingerprint density at radius 1 is 0.900 bits per heavy atom. The summed E-state index contributed by atoms with van der Waals surface area (Å²) in [6, 6.07) is 5.31. The predicted molar refractivity (Wildman–Crippen MR) is 108 cm³/mol. The third-order valence-corrected chi connectivity index (χ3v) is 4.35. The maximum absolute atomic E-state index is 12.2. The second-order valence-corrected chi connectivity index (χ2v) is 6.42. The van der Waals surface area contributed by atoms with Crippen molar-refractivity contribution in [2.45, 2.75) is 6.42 Å². The quantitative estimate of drug-likeness (QED) is 0.411. The number of carboxylic acid groups (broad SMARTS) is 2. The third-order valence-electron chi connectivity index (χ3n) is 4.35. The van der Waals surface area contributed by atoms with Crippen molar-refractivity contribution in [2.24, 2.45) is 0 Å². The number of carbonyl (C=O) groups excluding carboxylic acids is 1. The fourth-order valence-electron chi connectivity index (χ4n) is 2.74. The van der Waals surface area contributed by atoms with E-state index in [0.29, 0.717) is 23.6 Å². The Morgan fingerprint density at radius 3 is 1.77 bits per heavy atom. The Hall–Kier alpha value is -2.89. The van der Waals surface area contributed by atoms with Crippen LogP contribution in [-0.4, -0.2) is 103 Å². The number of β-amino-alcohol motifs (C(OH)–C–C–N with tert-alkyl or cyclic N) is 1. The molecular formula is C19H29N3O8. The van der Waals surface area contributed by atoms with Crippen LogP contribution in [-0.2, 0) is 14.4 Å². The Balaban J connectivity index is 0.000000656. The first-order chi connectivity index (χ1) is 14.3. The number of benzene rings is 1. The molecule has 30 heavy (non-hydrogen) atoms. The van der Waals surface area contributed by atoms with Gasteiger partial charge < -0.3 is 35.0 Å². The van der Waals surface area contributed by atoms with Crippen molar-refractivity contribution >= 4 is 23.5 Å². The van der Waals surface area contributed by atoms with E-state index in [4.69, 9.17) is 34.4 Å². The molecule has 1 aromatic rings. The smallest absolute Gasteiger partial charge is 0.414 e. The number of piperazine rings is 1. The summed E-state index contributed by atoms with van der Waals surface area (Å²) < 4.78 is 10.4. The first-order valence-electron chi connectivity index (χ1n) is 9.33. The molecular weight excluding hydrogens is 398 g/mol. The number of carbonyl (C=O) groups is 3. The van der Waals surface area contributed by atoms with Gasteiger partial charge in [-0.3, -0.25) is 9.69 Å². The average Bonchev–Trinajstić information content (AvgIpc) is 2.73. The highest BCUT2D eigenvalue weighted by Crippen LogP contribution is 2.25. The Labute approximate surface area is 174 Å². The molecule has 1 amide bonds. The van der Waals surface area contributed by atoms with E-state index in [1.807, 2.05) is 0 Å². The molecule has 1 fully saturated rings. The average molecular weight is 427 g/mol. The van der Waals surface area contributed by atoms with Crippen LogP contribution in [0.3, 0.4) is 0 Å². The molecule has 0 atom stereocenters. The van der Waals surface area contributed by atoms with Crippen LogP contribution in [0.2, 0.25) is 0 Å². The molecule has 0 radical (unpaired) electrons. The van der Waals surface area contributed by atoms with Crippen molar-refractivity contribution in [1.82, 2.24) is 9.80 Å². The second kappa shape index (κ2) is 13.4. The summed E-state index contributed by atoms with van der Waals surface area (Å²) in [5, 5.41) is 26.6. The standard InChI is InChI=1S/C17H27N3O4.C2H2O4/c1-23-15-11-14(12-16(13-15)24-2)18-17(22)3-4-19-5-7-20(8-6-19)9-10-21;3-1(4)2(5)6/h11-13,21H,3-10H2,1-2H3,(H,18,22);(H,3,4)(H,5,6). The second-order valence-electron chi connectivity index (χ2n) is 6.42. The number of hydrogen-bond acceptors (Lipinski definition) is 8. The summed E-state index contributed by atoms with van der Waals surface area (Å²) in [5.74, 6) is -2.39. The van der Waals surface area contributed by atoms with Crippen LogP contribution >= 0.6 is 0 Å². The highest BCUT2D eigenvalue weighted by Gasteiger charge is 2.17. The Kier molecular flexibility index (Phi) is 11.2. The van der Waals surface area contributed by atoms with E-state index in [1.54, 1.807) is 32.4 Å². The lowest BCUT2D eigenvalue weighted by atomic mass is 10.2. The fraction of sp³-hybridized carbons (Fsp3) is 0.526. The topological polar surface area (TPSA) is 149 Å². The summed E-state index contributed by atoms with van der Waals surface area (Å²) in [4.78, 5) is 34.9. The molecule has 1 heterocycles. The molecule has 168 valence electrons. The van der Waals surface area contributed by atoms with Crippen LogP contribution in [0.4, 0.5) is 5.69 Å². The minimum atomic E-state index is -1.82. The summed E-state index contributed by atoms with van der Waals surface area (Å²) in [6.07, 6.45) is 0.444. The largest absolute Gasteiger partial charge is 0.497 e. The Bertz CT molecular complexity index is 671. The van der Waals surface area contributed by atoms with Gasteiger partial charge in [-0.15, -0.1) is 0 Å². The van der Waals surface area contributed by atoms with Gasteiger partial charge in [0, 0.05) is 69.6 Å². The van der Waals surface area contributed by atoms with Crippen LogP contribution in [0.1, 0.15) is 6.42 Å². The zero-order valence-electron chi connectivity index (χ0n) is 17.2. The van der Waals surface area contributed by atoms with Gasteiger partial charge in [0.2, 0.25) is 5.91 Å². The van der Waals surface area contributed by atoms with Crippen molar-refractivity contribution < 1.29 is 39.2 Å². The number of hydrogen-bond donors (Lipinski definition) is 4. The van der Waals surface area contributed by atoms with Crippen molar-refractivity contribution in [3.8, 4) is 11.5 Å². The molecule has 0 unspecified atom stereocenters. The van der Waals surface area contributed by atoms with Gasteiger partial charge in [0.25, 0.3) is 0 Å². The van der Waals surface area contributed by atoms with Crippen LogP contribution in [0.5, 0.6) is 11.5 Å². The zero-order chi connectivity index (χ0) is 22.5. The molecule has 1 aromatic carbocycles. The van der Waals surface area contributed by atoms with Gasteiger partial charge >= 0.3 is 11.9 Å². The van der Waals surface area contributed by atoms with E-state index in [-0.39, 0.29) is 12.5 Å².